The molecule has 0 bridgehead atoms. The molecule has 0 aromatic carbocycles. The highest BCUT2D eigenvalue weighted by Crippen LogP contribution is 2.13. The van der Waals surface area contributed by atoms with E-state index in [0.29, 0.717) is 11.7 Å². The van der Waals surface area contributed by atoms with E-state index in [0.717, 1.165) is 32.4 Å². The molecule has 2 unspecified atom stereocenters. The van der Waals surface area contributed by atoms with E-state index in [4.69, 9.17) is 0 Å². The SMILES string of the molecule is CC(CN1CCN(C)C(C)C1)C(=O)c1ccc(F)cn1. The minimum Gasteiger partial charge on any atom is -0.301 e. The van der Waals surface area contributed by atoms with Crippen molar-refractivity contribution < 1.29 is 9.18 Å². The fraction of sp³-hybridized carbons (Fsp3) is 0.600. The Morgan fingerprint density at radius 3 is 2.85 bits per heavy atom. The first kappa shape index (κ1) is 15.1. The summed E-state index contributed by atoms with van der Waals surface area (Å²) in [6.45, 7) is 7.82. The quantitative estimate of drug-likeness (QED) is 0.786. The molecule has 5 heteroatoms. The number of hydrogen-bond donors (Lipinski definition) is 0. The Balaban J connectivity index is 1.93. The van der Waals surface area contributed by atoms with E-state index < -0.39 is 5.82 Å². The highest BCUT2D eigenvalue weighted by atomic mass is 19.1. The smallest absolute Gasteiger partial charge is 0.185 e. The maximum atomic E-state index is 12.8. The highest BCUT2D eigenvalue weighted by molar-refractivity contribution is 5.95. The van der Waals surface area contributed by atoms with Crippen LogP contribution in [-0.4, -0.2) is 59.8 Å². The van der Waals surface area contributed by atoms with Crippen LogP contribution in [-0.2, 0) is 0 Å². The summed E-state index contributed by atoms with van der Waals surface area (Å²) in [5.41, 5.74) is 0.348. The number of carbonyl (C=O) groups is 1. The summed E-state index contributed by atoms with van der Waals surface area (Å²) in [7, 11) is 2.12. The molecule has 0 aliphatic carbocycles. The fourth-order valence-electron chi connectivity index (χ4n) is 2.53. The Hall–Kier alpha value is -1.33. The first-order valence-electron chi connectivity index (χ1n) is 7.05. The lowest BCUT2D eigenvalue weighted by atomic mass is 10.0. The van der Waals surface area contributed by atoms with Crippen LogP contribution in [0.3, 0.4) is 0 Å². The fourth-order valence-corrected chi connectivity index (χ4v) is 2.53. The zero-order valence-corrected chi connectivity index (χ0v) is 12.3. The summed E-state index contributed by atoms with van der Waals surface area (Å²) in [6.07, 6.45) is 1.10. The molecule has 1 aromatic rings. The number of pyridine rings is 1. The summed E-state index contributed by atoms with van der Waals surface area (Å²) < 4.78 is 12.8. The molecule has 0 amide bonds. The van der Waals surface area contributed by atoms with Crippen LogP contribution >= 0.6 is 0 Å². The van der Waals surface area contributed by atoms with Gasteiger partial charge in [0.2, 0.25) is 0 Å². The molecule has 0 radical (unpaired) electrons. The first-order chi connectivity index (χ1) is 9.47. The number of Topliss-reactive ketones (excluding diaryl/α,β-unsaturated/α-hetero) is 1. The molecule has 20 heavy (non-hydrogen) atoms. The summed E-state index contributed by atoms with van der Waals surface area (Å²) in [6, 6.07) is 3.25. The van der Waals surface area contributed by atoms with Gasteiger partial charge in [0, 0.05) is 38.1 Å². The van der Waals surface area contributed by atoms with Gasteiger partial charge in [-0.3, -0.25) is 14.7 Å². The van der Waals surface area contributed by atoms with E-state index in [1.807, 2.05) is 6.92 Å². The van der Waals surface area contributed by atoms with Gasteiger partial charge in [0.05, 0.1) is 6.20 Å². The molecular weight excluding hydrogens is 257 g/mol. The van der Waals surface area contributed by atoms with Crippen LogP contribution in [0.1, 0.15) is 24.3 Å². The van der Waals surface area contributed by atoms with Crippen molar-refractivity contribution in [1.29, 1.82) is 0 Å². The predicted octanol–water partition coefficient (Wildman–Crippen LogP) is 1.68. The largest absolute Gasteiger partial charge is 0.301 e. The number of nitrogens with zero attached hydrogens (tertiary/aromatic N) is 3. The van der Waals surface area contributed by atoms with Crippen molar-refractivity contribution in [3.05, 3.63) is 29.8 Å². The number of aromatic nitrogens is 1. The number of piperazine rings is 1. The molecule has 4 nitrogen and oxygen atoms in total. The molecule has 2 heterocycles. The van der Waals surface area contributed by atoms with Crippen molar-refractivity contribution in [2.45, 2.75) is 19.9 Å². The number of rotatable bonds is 4. The van der Waals surface area contributed by atoms with Gasteiger partial charge < -0.3 is 4.90 Å². The van der Waals surface area contributed by atoms with Gasteiger partial charge in [0.15, 0.2) is 5.78 Å². The van der Waals surface area contributed by atoms with E-state index in [-0.39, 0.29) is 11.7 Å². The second-order valence-corrected chi connectivity index (χ2v) is 5.72. The molecule has 1 aliphatic rings. The van der Waals surface area contributed by atoms with E-state index in [1.165, 1.54) is 12.1 Å². The van der Waals surface area contributed by atoms with Gasteiger partial charge in [-0.15, -0.1) is 0 Å². The van der Waals surface area contributed by atoms with E-state index >= 15 is 0 Å². The van der Waals surface area contributed by atoms with Crippen molar-refractivity contribution >= 4 is 5.78 Å². The van der Waals surface area contributed by atoms with Crippen LogP contribution in [0, 0.1) is 11.7 Å². The predicted molar refractivity (Wildman–Crippen MR) is 76.2 cm³/mol. The van der Waals surface area contributed by atoms with Crippen molar-refractivity contribution in [1.82, 2.24) is 14.8 Å². The molecule has 1 saturated heterocycles. The third-order valence-electron chi connectivity index (χ3n) is 4.00. The monoisotopic (exact) mass is 279 g/mol. The van der Waals surface area contributed by atoms with Crippen LogP contribution in [0.5, 0.6) is 0 Å². The Kier molecular flexibility index (Phi) is 4.83. The zero-order chi connectivity index (χ0) is 14.7. The Bertz CT molecular complexity index is 463. The third kappa shape index (κ3) is 3.61. The molecule has 2 atom stereocenters. The van der Waals surface area contributed by atoms with Crippen LogP contribution < -0.4 is 0 Å². The number of likely N-dealkylation sites (N-methyl/N-ethyl adjacent to an activating group) is 1. The van der Waals surface area contributed by atoms with Gasteiger partial charge in [-0.1, -0.05) is 6.92 Å². The minimum absolute atomic E-state index is 0.0171. The number of halogens is 1. The first-order valence-corrected chi connectivity index (χ1v) is 7.05. The van der Waals surface area contributed by atoms with Gasteiger partial charge in [-0.05, 0) is 26.1 Å². The van der Waals surface area contributed by atoms with Gasteiger partial charge in [0.25, 0.3) is 0 Å². The highest BCUT2D eigenvalue weighted by Gasteiger charge is 2.24. The van der Waals surface area contributed by atoms with E-state index in [1.54, 1.807) is 0 Å². The Morgan fingerprint density at radius 1 is 1.50 bits per heavy atom. The average Bonchev–Trinajstić information content (AvgIpc) is 2.43. The van der Waals surface area contributed by atoms with Crippen molar-refractivity contribution in [2.24, 2.45) is 5.92 Å². The molecule has 2 rings (SSSR count). The van der Waals surface area contributed by atoms with E-state index in [9.17, 15) is 9.18 Å². The lowest BCUT2D eigenvalue weighted by molar-refractivity contribution is 0.0761. The molecule has 1 fully saturated rings. The summed E-state index contributed by atoms with van der Waals surface area (Å²) in [5.74, 6) is -0.553. The van der Waals surface area contributed by atoms with Crippen LogP contribution in [0.25, 0.3) is 0 Å². The van der Waals surface area contributed by atoms with Crippen molar-refractivity contribution in [3.63, 3.8) is 0 Å². The molecule has 0 saturated carbocycles. The molecule has 1 aliphatic heterocycles. The number of carbonyl (C=O) groups excluding carboxylic acids is 1. The lowest BCUT2D eigenvalue weighted by Crippen LogP contribution is -2.51. The van der Waals surface area contributed by atoms with Gasteiger partial charge >= 0.3 is 0 Å². The molecule has 0 N–H and O–H groups in total. The molecular formula is C15H22FN3O. The van der Waals surface area contributed by atoms with Gasteiger partial charge in [-0.25, -0.2) is 4.39 Å². The zero-order valence-electron chi connectivity index (χ0n) is 12.3. The topological polar surface area (TPSA) is 36.4 Å². The van der Waals surface area contributed by atoms with Crippen LogP contribution in [0.15, 0.2) is 18.3 Å². The lowest BCUT2D eigenvalue weighted by Gasteiger charge is -2.38. The Labute approximate surface area is 119 Å². The van der Waals surface area contributed by atoms with Gasteiger partial charge in [0.1, 0.15) is 11.5 Å². The van der Waals surface area contributed by atoms with Gasteiger partial charge in [-0.2, -0.15) is 0 Å². The van der Waals surface area contributed by atoms with Crippen molar-refractivity contribution in [3.8, 4) is 0 Å². The van der Waals surface area contributed by atoms with E-state index in [2.05, 4.69) is 28.8 Å². The minimum atomic E-state index is -0.415. The Morgan fingerprint density at radius 2 is 2.25 bits per heavy atom. The number of hydrogen-bond acceptors (Lipinski definition) is 4. The second-order valence-electron chi connectivity index (χ2n) is 5.72. The second kappa shape index (κ2) is 6.41. The van der Waals surface area contributed by atoms with Crippen LogP contribution in [0.2, 0.25) is 0 Å². The maximum absolute atomic E-state index is 12.8. The standard InChI is InChI=1S/C15H22FN3O/c1-11(9-19-7-6-18(3)12(2)10-19)15(20)14-5-4-13(16)8-17-14/h4-5,8,11-12H,6-7,9-10H2,1-3H3. The normalized spacial score (nSPS) is 22.7. The maximum Gasteiger partial charge on any atom is 0.185 e. The molecule has 0 spiro atoms. The van der Waals surface area contributed by atoms with Crippen molar-refractivity contribution in [2.75, 3.05) is 33.2 Å². The molecule has 110 valence electrons. The summed E-state index contributed by atoms with van der Waals surface area (Å²) in [5, 5.41) is 0. The summed E-state index contributed by atoms with van der Waals surface area (Å²) in [4.78, 5) is 20.8. The summed E-state index contributed by atoms with van der Waals surface area (Å²) >= 11 is 0. The third-order valence-corrected chi connectivity index (χ3v) is 4.00. The number of ketones is 1. The molecule has 1 aromatic heterocycles. The average molecular weight is 279 g/mol. The van der Waals surface area contributed by atoms with Crippen LogP contribution in [0.4, 0.5) is 4.39 Å².